The Bertz CT molecular complexity index is 1040. The van der Waals surface area contributed by atoms with Crippen LogP contribution >= 0.6 is 0 Å². The lowest BCUT2D eigenvalue weighted by Gasteiger charge is -2.68. The number of ketones is 1. The van der Waals surface area contributed by atoms with E-state index in [2.05, 4.69) is 27.7 Å². The fourth-order valence-corrected chi connectivity index (χ4v) is 9.60. The number of allylic oxidation sites excluding steroid dienone is 2. The maximum atomic E-state index is 12.6. The summed E-state index contributed by atoms with van der Waals surface area (Å²) in [5, 5.41) is 22.2. The number of carboxylic acid groups (broad SMARTS) is 1. The van der Waals surface area contributed by atoms with Gasteiger partial charge in [-0.3, -0.25) is 9.59 Å². The molecule has 0 aliphatic heterocycles. The van der Waals surface area contributed by atoms with Gasteiger partial charge < -0.3 is 14.9 Å². The van der Waals surface area contributed by atoms with E-state index < -0.39 is 24.1 Å². The van der Waals surface area contributed by atoms with Crippen LogP contribution in [0.1, 0.15) is 99.8 Å². The Hall–Kier alpha value is -1.95. The molecule has 4 fully saturated rings. The molecular formula is C31H46O6. The zero-order valence-electron chi connectivity index (χ0n) is 23.7. The summed E-state index contributed by atoms with van der Waals surface area (Å²) < 4.78 is 5.86. The summed E-state index contributed by atoms with van der Waals surface area (Å²) >= 11 is 0. The van der Waals surface area contributed by atoms with Crippen LogP contribution in [0.2, 0.25) is 0 Å². The van der Waals surface area contributed by atoms with Gasteiger partial charge in [0.15, 0.2) is 0 Å². The van der Waals surface area contributed by atoms with Crippen molar-refractivity contribution in [3.05, 3.63) is 22.8 Å². The van der Waals surface area contributed by atoms with Crippen LogP contribution in [-0.2, 0) is 19.1 Å². The summed E-state index contributed by atoms with van der Waals surface area (Å²) in [5.74, 6) is -0.945. The molecule has 4 aliphatic rings. The number of ether oxygens (including phenoxy) is 1. The Morgan fingerprint density at radius 3 is 2.38 bits per heavy atom. The van der Waals surface area contributed by atoms with Crippen molar-refractivity contribution in [1.82, 2.24) is 0 Å². The molecule has 0 amide bonds. The Morgan fingerprint density at radius 1 is 1.11 bits per heavy atom. The molecule has 0 aromatic rings. The van der Waals surface area contributed by atoms with Crippen LogP contribution in [0.5, 0.6) is 0 Å². The third-order valence-electron chi connectivity index (χ3n) is 11.4. The second-order valence-electron chi connectivity index (χ2n) is 13.4. The van der Waals surface area contributed by atoms with E-state index in [0.717, 1.165) is 24.8 Å². The summed E-state index contributed by atoms with van der Waals surface area (Å²) in [5.41, 5.74) is 1.42. The first-order valence-electron chi connectivity index (χ1n) is 14.1. The van der Waals surface area contributed by atoms with Gasteiger partial charge in [0, 0.05) is 24.8 Å². The van der Waals surface area contributed by atoms with Crippen LogP contribution in [0.15, 0.2) is 22.8 Å². The van der Waals surface area contributed by atoms with Crippen molar-refractivity contribution in [3.8, 4) is 0 Å². The summed E-state index contributed by atoms with van der Waals surface area (Å²) in [6.07, 6.45) is 6.01. The van der Waals surface area contributed by atoms with Crippen molar-refractivity contribution >= 4 is 17.7 Å². The number of aliphatic hydroxyl groups is 1. The zero-order valence-corrected chi connectivity index (χ0v) is 23.7. The molecule has 206 valence electrons. The molecule has 0 aromatic carbocycles. The molecule has 0 spiro atoms. The average Bonchev–Trinajstić information content (AvgIpc) is 3.05. The van der Waals surface area contributed by atoms with Gasteiger partial charge in [-0.2, -0.15) is 0 Å². The Labute approximate surface area is 221 Å². The number of aliphatic carboxylic acids is 1. The first-order chi connectivity index (χ1) is 17.2. The van der Waals surface area contributed by atoms with Gasteiger partial charge in [-0.05, 0) is 98.4 Å². The average molecular weight is 515 g/mol. The zero-order chi connectivity index (χ0) is 27.5. The van der Waals surface area contributed by atoms with Crippen LogP contribution in [0.25, 0.3) is 0 Å². The van der Waals surface area contributed by atoms with Crippen LogP contribution in [-0.4, -0.2) is 40.1 Å². The predicted octanol–water partition coefficient (Wildman–Crippen LogP) is 5.87. The normalized spacial score (nSPS) is 44.3. The molecule has 0 aromatic heterocycles. The molecule has 4 rings (SSSR count). The number of carbonyl (C=O) groups excluding carboxylic acids is 2. The SMILES string of the molecule is CC(=O)O[C@H]1C[C@@]2(C)C(C[C@@H](O)[C@H]3[C@@]4(C)CCC(=O)[C@@H](C)C4CC[C@@]32C)C1=C(CCC=C(C)C)C(=O)O. The van der Waals surface area contributed by atoms with E-state index in [1.54, 1.807) is 0 Å². The number of aliphatic hydroxyl groups excluding tert-OH is 1. The summed E-state index contributed by atoms with van der Waals surface area (Å²) in [4.78, 5) is 37.4. The molecule has 37 heavy (non-hydrogen) atoms. The van der Waals surface area contributed by atoms with E-state index in [9.17, 15) is 24.6 Å². The molecular weight excluding hydrogens is 468 g/mol. The van der Waals surface area contributed by atoms with E-state index in [-0.39, 0.29) is 39.9 Å². The lowest BCUT2D eigenvalue weighted by atomic mass is 9.36. The number of hydrogen-bond donors (Lipinski definition) is 2. The number of fused-ring (bicyclic) bond motifs is 5. The van der Waals surface area contributed by atoms with Crippen LogP contribution in [0.4, 0.5) is 0 Å². The van der Waals surface area contributed by atoms with Gasteiger partial charge in [0.05, 0.1) is 6.10 Å². The number of carbonyl (C=O) groups is 3. The summed E-state index contributed by atoms with van der Waals surface area (Å²) in [6.45, 7) is 14.3. The highest BCUT2D eigenvalue weighted by Gasteiger charge is 2.70. The Kier molecular flexibility index (Phi) is 7.33. The van der Waals surface area contributed by atoms with E-state index in [4.69, 9.17) is 4.74 Å². The minimum Gasteiger partial charge on any atom is -0.478 e. The van der Waals surface area contributed by atoms with Crippen molar-refractivity contribution in [3.63, 3.8) is 0 Å². The second-order valence-corrected chi connectivity index (χ2v) is 13.4. The fraction of sp³-hybridized carbons (Fsp3) is 0.774. The van der Waals surface area contributed by atoms with Gasteiger partial charge in [-0.25, -0.2) is 4.79 Å². The summed E-state index contributed by atoms with van der Waals surface area (Å²) in [6, 6.07) is 0. The number of hydrogen-bond acceptors (Lipinski definition) is 5. The van der Waals surface area contributed by atoms with Gasteiger partial charge >= 0.3 is 11.9 Å². The lowest BCUT2D eigenvalue weighted by Crippen LogP contribution is -2.65. The minimum atomic E-state index is -0.962. The summed E-state index contributed by atoms with van der Waals surface area (Å²) in [7, 11) is 0. The standard InChI is InChI=1S/C31H46O6/c1-17(2)9-8-10-20(28(35)36)26-22-15-24(34)27-29(5)13-12-23(33)18(3)21(29)11-14-30(27,6)31(22,7)16-25(26)37-19(4)32/h9,18,21-22,24-25,27,34H,8,10-16H2,1-7H3,(H,35,36)/t18-,21?,22?,24+,25-,27-,29-,30-,31-/m0/s1. The number of carboxylic acids is 1. The topological polar surface area (TPSA) is 101 Å². The second kappa shape index (κ2) is 9.66. The molecule has 0 radical (unpaired) electrons. The molecule has 2 unspecified atom stereocenters. The van der Waals surface area contributed by atoms with Crippen LogP contribution < -0.4 is 0 Å². The largest absolute Gasteiger partial charge is 0.478 e. The van der Waals surface area contributed by atoms with Crippen LogP contribution in [0, 0.1) is 39.9 Å². The monoisotopic (exact) mass is 514 g/mol. The first kappa shape index (κ1) is 28.1. The van der Waals surface area contributed by atoms with Crippen molar-refractivity contribution in [2.75, 3.05) is 0 Å². The van der Waals surface area contributed by atoms with E-state index in [1.807, 2.05) is 19.9 Å². The first-order valence-corrected chi connectivity index (χ1v) is 14.1. The minimum absolute atomic E-state index is 0.00236. The fourth-order valence-electron chi connectivity index (χ4n) is 9.60. The smallest absolute Gasteiger partial charge is 0.331 e. The number of esters is 1. The van der Waals surface area contributed by atoms with E-state index in [1.165, 1.54) is 6.92 Å². The maximum Gasteiger partial charge on any atom is 0.331 e. The molecule has 4 aliphatic carbocycles. The van der Waals surface area contributed by atoms with Gasteiger partial charge in [-0.1, -0.05) is 39.3 Å². The molecule has 9 atom stereocenters. The molecule has 0 bridgehead atoms. The van der Waals surface area contributed by atoms with Gasteiger partial charge in [0.1, 0.15) is 11.9 Å². The van der Waals surface area contributed by atoms with E-state index >= 15 is 0 Å². The third kappa shape index (κ3) is 4.31. The van der Waals surface area contributed by atoms with Gasteiger partial charge in [-0.15, -0.1) is 0 Å². The quantitative estimate of drug-likeness (QED) is 0.270. The highest BCUT2D eigenvalue weighted by atomic mass is 16.5. The molecule has 2 N–H and O–H groups in total. The Morgan fingerprint density at radius 2 is 1.78 bits per heavy atom. The van der Waals surface area contributed by atoms with Gasteiger partial charge in [0.25, 0.3) is 0 Å². The van der Waals surface area contributed by atoms with E-state index in [0.29, 0.717) is 49.0 Å². The highest BCUT2D eigenvalue weighted by molar-refractivity contribution is 5.88. The highest BCUT2D eigenvalue weighted by Crippen LogP contribution is 2.74. The molecule has 6 heteroatoms. The van der Waals surface area contributed by atoms with Crippen molar-refractivity contribution in [2.45, 2.75) is 112 Å². The van der Waals surface area contributed by atoms with Gasteiger partial charge in [0.2, 0.25) is 0 Å². The van der Waals surface area contributed by atoms with Crippen molar-refractivity contribution < 1.29 is 29.3 Å². The lowest BCUT2D eigenvalue weighted by molar-refractivity contribution is -0.223. The predicted molar refractivity (Wildman–Crippen MR) is 142 cm³/mol. The Balaban J connectivity index is 1.83. The molecule has 0 heterocycles. The molecule has 4 saturated carbocycles. The molecule has 0 saturated heterocycles. The number of Topliss-reactive ketones (excluding diaryl/α,β-unsaturated/α-hetero) is 1. The molecule has 6 nitrogen and oxygen atoms in total. The maximum absolute atomic E-state index is 12.6. The van der Waals surface area contributed by atoms with Crippen molar-refractivity contribution in [2.24, 2.45) is 39.9 Å². The van der Waals surface area contributed by atoms with Crippen molar-refractivity contribution in [1.29, 1.82) is 0 Å². The number of rotatable bonds is 5. The van der Waals surface area contributed by atoms with Crippen LogP contribution in [0.3, 0.4) is 0 Å². The third-order valence-corrected chi connectivity index (χ3v) is 11.4.